The molecule has 0 radical (unpaired) electrons. The maximum atomic E-state index is 12.1. The van der Waals surface area contributed by atoms with Crippen LogP contribution in [0.5, 0.6) is 0 Å². The minimum absolute atomic E-state index is 0.00167. The summed E-state index contributed by atoms with van der Waals surface area (Å²) in [5.74, 6) is 0. The highest BCUT2D eigenvalue weighted by atomic mass is 16.2. The van der Waals surface area contributed by atoms with Gasteiger partial charge in [0.1, 0.15) is 0 Å². The zero-order valence-corrected chi connectivity index (χ0v) is 10.9. The van der Waals surface area contributed by atoms with E-state index in [1.807, 2.05) is 24.0 Å². The van der Waals surface area contributed by atoms with Crippen LogP contribution in [0.3, 0.4) is 0 Å². The van der Waals surface area contributed by atoms with Gasteiger partial charge >= 0.3 is 6.03 Å². The fourth-order valence-electron chi connectivity index (χ4n) is 2.48. The Labute approximate surface area is 108 Å². The number of nitrogens with one attached hydrogen (secondary N) is 1. The molecule has 1 atom stereocenters. The van der Waals surface area contributed by atoms with Gasteiger partial charge < -0.3 is 16.0 Å². The topological polar surface area (TPSA) is 58.4 Å². The minimum Gasteiger partial charge on any atom is -0.338 e. The summed E-state index contributed by atoms with van der Waals surface area (Å²) in [7, 11) is 0. The molecule has 1 heterocycles. The average molecular weight is 247 g/mol. The highest BCUT2D eigenvalue weighted by molar-refractivity contribution is 5.75. The molecule has 4 heteroatoms. The Morgan fingerprint density at radius 2 is 2.28 bits per heavy atom. The second-order valence-electron chi connectivity index (χ2n) is 4.63. The molecule has 1 aliphatic heterocycles. The zero-order chi connectivity index (χ0) is 13.0. The summed E-state index contributed by atoms with van der Waals surface area (Å²) in [5.41, 5.74) is 8.36. The van der Waals surface area contributed by atoms with Crippen LogP contribution in [0.2, 0.25) is 0 Å². The van der Waals surface area contributed by atoms with Crippen molar-refractivity contribution < 1.29 is 4.79 Å². The fourth-order valence-corrected chi connectivity index (χ4v) is 2.48. The molecule has 0 aliphatic carbocycles. The highest BCUT2D eigenvalue weighted by Gasteiger charge is 2.29. The van der Waals surface area contributed by atoms with Gasteiger partial charge in [0.05, 0.1) is 6.04 Å². The van der Waals surface area contributed by atoms with Gasteiger partial charge in [-0.05, 0) is 24.0 Å². The van der Waals surface area contributed by atoms with Gasteiger partial charge in [-0.1, -0.05) is 31.2 Å². The molecule has 1 aromatic rings. The normalized spacial score (nSPS) is 18.3. The summed E-state index contributed by atoms with van der Waals surface area (Å²) >= 11 is 0. The molecule has 2 amide bonds. The van der Waals surface area contributed by atoms with Crippen molar-refractivity contribution >= 4 is 6.03 Å². The number of hydrogen-bond donors (Lipinski definition) is 2. The van der Waals surface area contributed by atoms with Crippen LogP contribution >= 0.6 is 0 Å². The number of urea groups is 1. The lowest BCUT2D eigenvalue weighted by atomic mass is 9.93. The summed E-state index contributed by atoms with van der Waals surface area (Å²) in [6.45, 7) is 3.98. The van der Waals surface area contributed by atoms with Crippen molar-refractivity contribution in [2.45, 2.75) is 25.8 Å². The van der Waals surface area contributed by atoms with Gasteiger partial charge in [0.15, 0.2) is 0 Å². The Kier molecular flexibility index (Phi) is 4.20. The van der Waals surface area contributed by atoms with Crippen molar-refractivity contribution in [2.75, 3.05) is 19.6 Å². The maximum absolute atomic E-state index is 12.1. The molecule has 1 unspecified atom stereocenters. The van der Waals surface area contributed by atoms with Crippen LogP contribution in [-0.2, 0) is 6.42 Å². The van der Waals surface area contributed by atoms with E-state index in [-0.39, 0.29) is 12.1 Å². The standard InChI is InChI=1S/C14H21N3O/c1-2-8-16-14(18)17-9-7-11-5-3-4-6-12(11)13(17)10-15/h3-6,13H,2,7-10,15H2,1H3,(H,16,18). The maximum Gasteiger partial charge on any atom is 0.317 e. The smallest absolute Gasteiger partial charge is 0.317 e. The Morgan fingerprint density at radius 3 is 3.00 bits per heavy atom. The lowest BCUT2D eigenvalue weighted by Gasteiger charge is -2.36. The van der Waals surface area contributed by atoms with E-state index < -0.39 is 0 Å². The van der Waals surface area contributed by atoms with Gasteiger partial charge in [0.2, 0.25) is 0 Å². The molecule has 1 aromatic carbocycles. The van der Waals surface area contributed by atoms with Crippen LogP contribution in [0.15, 0.2) is 24.3 Å². The molecule has 3 N–H and O–H groups in total. The third kappa shape index (κ3) is 2.48. The Morgan fingerprint density at radius 1 is 1.50 bits per heavy atom. The molecular formula is C14H21N3O. The first-order valence-corrected chi connectivity index (χ1v) is 6.60. The van der Waals surface area contributed by atoms with Gasteiger partial charge in [-0.3, -0.25) is 0 Å². The first-order valence-electron chi connectivity index (χ1n) is 6.60. The third-order valence-electron chi connectivity index (χ3n) is 3.42. The van der Waals surface area contributed by atoms with Crippen molar-refractivity contribution in [3.63, 3.8) is 0 Å². The van der Waals surface area contributed by atoms with E-state index >= 15 is 0 Å². The van der Waals surface area contributed by atoms with Gasteiger partial charge in [-0.15, -0.1) is 0 Å². The summed E-state index contributed by atoms with van der Waals surface area (Å²) in [6, 6.07) is 8.26. The molecule has 1 aliphatic rings. The van der Waals surface area contributed by atoms with Gasteiger partial charge in [0.25, 0.3) is 0 Å². The Balaban J connectivity index is 2.17. The van der Waals surface area contributed by atoms with Crippen molar-refractivity contribution in [3.05, 3.63) is 35.4 Å². The summed E-state index contributed by atoms with van der Waals surface area (Å²) in [4.78, 5) is 14.0. The molecular weight excluding hydrogens is 226 g/mol. The summed E-state index contributed by atoms with van der Waals surface area (Å²) in [6.07, 6.45) is 1.86. The number of benzene rings is 1. The van der Waals surface area contributed by atoms with Crippen LogP contribution in [-0.4, -0.2) is 30.6 Å². The predicted octanol–water partition coefficient (Wildman–Crippen LogP) is 1.66. The fraction of sp³-hybridized carbons (Fsp3) is 0.500. The first kappa shape index (κ1) is 12.9. The van der Waals surface area contributed by atoms with E-state index in [0.29, 0.717) is 13.1 Å². The minimum atomic E-state index is 0.00167. The van der Waals surface area contributed by atoms with Crippen molar-refractivity contribution in [1.82, 2.24) is 10.2 Å². The molecule has 4 nitrogen and oxygen atoms in total. The van der Waals surface area contributed by atoms with Crippen LogP contribution in [0.1, 0.15) is 30.5 Å². The summed E-state index contributed by atoms with van der Waals surface area (Å²) < 4.78 is 0. The lowest BCUT2D eigenvalue weighted by Crippen LogP contribution is -2.47. The van der Waals surface area contributed by atoms with E-state index in [0.717, 1.165) is 19.4 Å². The number of nitrogens with zero attached hydrogens (tertiary/aromatic N) is 1. The van der Waals surface area contributed by atoms with Crippen LogP contribution in [0, 0.1) is 0 Å². The molecule has 0 aromatic heterocycles. The lowest BCUT2D eigenvalue weighted by molar-refractivity contribution is 0.171. The average Bonchev–Trinajstić information content (AvgIpc) is 2.43. The second-order valence-corrected chi connectivity index (χ2v) is 4.63. The Bertz CT molecular complexity index is 419. The van der Waals surface area contributed by atoms with E-state index in [2.05, 4.69) is 17.4 Å². The highest BCUT2D eigenvalue weighted by Crippen LogP contribution is 2.28. The molecule has 98 valence electrons. The van der Waals surface area contributed by atoms with E-state index in [4.69, 9.17) is 5.73 Å². The van der Waals surface area contributed by atoms with Crippen molar-refractivity contribution in [1.29, 1.82) is 0 Å². The number of nitrogens with two attached hydrogens (primary N) is 1. The van der Waals surface area contributed by atoms with Crippen molar-refractivity contribution in [2.24, 2.45) is 5.73 Å². The van der Waals surface area contributed by atoms with Crippen LogP contribution in [0.25, 0.3) is 0 Å². The number of fused-ring (bicyclic) bond motifs is 1. The largest absolute Gasteiger partial charge is 0.338 e. The van der Waals surface area contributed by atoms with Gasteiger partial charge in [-0.25, -0.2) is 4.79 Å². The van der Waals surface area contributed by atoms with E-state index in [1.54, 1.807) is 0 Å². The number of carbonyl (C=O) groups excluding carboxylic acids is 1. The van der Waals surface area contributed by atoms with Gasteiger partial charge in [0, 0.05) is 19.6 Å². The molecule has 2 rings (SSSR count). The third-order valence-corrected chi connectivity index (χ3v) is 3.42. The SMILES string of the molecule is CCCNC(=O)N1CCc2ccccc2C1CN. The molecule has 0 spiro atoms. The first-order chi connectivity index (χ1) is 8.77. The number of rotatable bonds is 3. The molecule has 0 saturated carbocycles. The van der Waals surface area contributed by atoms with Crippen molar-refractivity contribution in [3.8, 4) is 0 Å². The number of hydrogen-bond acceptors (Lipinski definition) is 2. The molecule has 0 saturated heterocycles. The molecule has 0 bridgehead atoms. The predicted molar refractivity (Wildman–Crippen MR) is 72.3 cm³/mol. The number of carbonyl (C=O) groups is 1. The molecule has 0 fully saturated rings. The monoisotopic (exact) mass is 247 g/mol. The zero-order valence-electron chi connectivity index (χ0n) is 10.9. The Hall–Kier alpha value is -1.55. The van der Waals surface area contributed by atoms with Crippen LogP contribution < -0.4 is 11.1 Å². The summed E-state index contributed by atoms with van der Waals surface area (Å²) in [5, 5.41) is 2.93. The molecule has 18 heavy (non-hydrogen) atoms. The van der Waals surface area contributed by atoms with Crippen LogP contribution in [0.4, 0.5) is 4.79 Å². The van der Waals surface area contributed by atoms with E-state index in [9.17, 15) is 4.79 Å². The van der Waals surface area contributed by atoms with Gasteiger partial charge in [-0.2, -0.15) is 0 Å². The quantitative estimate of drug-likeness (QED) is 0.853. The van der Waals surface area contributed by atoms with E-state index in [1.165, 1.54) is 11.1 Å². The second kappa shape index (κ2) is 5.87. The number of amides is 2.